The summed E-state index contributed by atoms with van der Waals surface area (Å²) in [6.45, 7) is 2.40. The van der Waals surface area contributed by atoms with Crippen molar-refractivity contribution in [3.63, 3.8) is 0 Å². The maximum atomic E-state index is 12.8. The number of nitrogens with zero attached hydrogens (tertiary/aromatic N) is 4. The molecule has 2 amide bonds. The molecule has 1 aliphatic heterocycles. The second-order valence-electron chi connectivity index (χ2n) is 6.35. The van der Waals surface area contributed by atoms with Gasteiger partial charge in [-0.2, -0.15) is 5.10 Å². The normalized spacial score (nSPS) is 17.1. The highest BCUT2D eigenvalue weighted by Crippen LogP contribution is 2.30. The Morgan fingerprint density at radius 2 is 2.04 bits per heavy atom. The molecule has 0 radical (unpaired) electrons. The number of aromatic nitrogens is 2. The standard InChI is InChI=1S/C16H27N5O3/c1-19(2)13-14(22)20-10-5-16(6-11-20,21-9-4-7-18-21)15(23)17-8-12-24-3/h4,7,9H,5-6,8,10-13H2,1-3H3,(H,17,23). The number of hydrogen-bond donors (Lipinski definition) is 1. The minimum atomic E-state index is -0.744. The van der Waals surface area contributed by atoms with Crippen LogP contribution in [-0.2, 0) is 19.9 Å². The fraction of sp³-hybridized carbons (Fsp3) is 0.688. The summed E-state index contributed by atoms with van der Waals surface area (Å²) < 4.78 is 6.72. The number of piperidine rings is 1. The molecule has 0 bridgehead atoms. The first kappa shape index (κ1) is 18.4. The Labute approximate surface area is 142 Å². The van der Waals surface area contributed by atoms with Gasteiger partial charge in [-0.15, -0.1) is 0 Å². The van der Waals surface area contributed by atoms with Crippen molar-refractivity contribution in [3.05, 3.63) is 18.5 Å². The molecule has 0 atom stereocenters. The van der Waals surface area contributed by atoms with Gasteiger partial charge in [0.25, 0.3) is 0 Å². The number of carbonyl (C=O) groups excluding carboxylic acids is 2. The third kappa shape index (κ3) is 4.12. The van der Waals surface area contributed by atoms with Crippen LogP contribution < -0.4 is 5.32 Å². The number of carbonyl (C=O) groups is 2. The van der Waals surface area contributed by atoms with Crippen molar-refractivity contribution in [2.75, 3.05) is 54.0 Å². The van der Waals surface area contributed by atoms with Crippen LogP contribution in [0.2, 0.25) is 0 Å². The van der Waals surface area contributed by atoms with Crippen LogP contribution in [0, 0.1) is 0 Å². The zero-order valence-corrected chi connectivity index (χ0v) is 14.7. The van der Waals surface area contributed by atoms with Crippen LogP contribution in [0.4, 0.5) is 0 Å². The van der Waals surface area contributed by atoms with Crippen LogP contribution >= 0.6 is 0 Å². The van der Waals surface area contributed by atoms with Gasteiger partial charge in [-0.25, -0.2) is 0 Å². The maximum absolute atomic E-state index is 12.8. The molecule has 0 aromatic carbocycles. The van der Waals surface area contributed by atoms with Crippen molar-refractivity contribution in [1.29, 1.82) is 0 Å². The topological polar surface area (TPSA) is 79.7 Å². The van der Waals surface area contributed by atoms with Gasteiger partial charge in [-0.1, -0.05) is 0 Å². The van der Waals surface area contributed by atoms with Crippen LogP contribution in [0.25, 0.3) is 0 Å². The van der Waals surface area contributed by atoms with Gasteiger partial charge in [0.15, 0.2) is 0 Å². The number of hydrogen-bond acceptors (Lipinski definition) is 5. The Morgan fingerprint density at radius 1 is 1.33 bits per heavy atom. The van der Waals surface area contributed by atoms with Crippen LogP contribution in [0.5, 0.6) is 0 Å². The van der Waals surface area contributed by atoms with Crippen molar-refractivity contribution in [2.24, 2.45) is 0 Å². The third-order valence-corrected chi connectivity index (χ3v) is 4.35. The van der Waals surface area contributed by atoms with E-state index in [1.165, 1.54) is 0 Å². The lowest BCUT2D eigenvalue weighted by atomic mass is 9.86. The predicted molar refractivity (Wildman–Crippen MR) is 89.5 cm³/mol. The molecule has 0 saturated carbocycles. The molecule has 0 aliphatic carbocycles. The van der Waals surface area contributed by atoms with Crippen molar-refractivity contribution >= 4 is 11.8 Å². The summed E-state index contributed by atoms with van der Waals surface area (Å²) in [5, 5.41) is 7.21. The van der Waals surface area contributed by atoms with E-state index < -0.39 is 5.54 Å². The molecule has 1 aromatic heterocycles. The Hall–Kier alpha value is -1.93. The minimum Gasteiger partial charge on any atom is -0.383 e. The molecule has 24 heavy (non-hydrogen) atoms. The van der Waals surface area contributed by atoms with Gasteiger partial charge in [0.05, 0.1) is 13.2 Å². The van der Waals surface area contributed by atoms with Crippen molar-refractivity contribution in [2.45, 2.75) is 18.4 Å². The van der Waals surface area contributed by atoms with Gasteiger partial charge < -0.3 is 19.9 Å². The van der Waals surface area contributed by atoms with E-state index in [-0.39, 0.29) is 11.8 Å². The predicted octanol–water partition coefficient (Wildman–Crippen LogP) is -0.475. The van der Waals surface area contributed by atoms with Crippen molar-refractivity contribution in [3.8, 4) is 0 Å². The molecule has 2 heterocycles. The van der Waals surface area contributed by atoms with Crippen LogP contribution in [0.1, 0.15) is 12.8 Å². The van der Waals surface area contributed by atoms with Gasteiger partial charge in [0.2, 0.25) is 11.8 Å². The number of nitrogens with one attached hydrogen (secondary N) is 1. The van der Waals surface area contributed by atoms with Gasteiger partial charge in [-0.05, 0) is 33.0 Å². The minimum absolute atomic E-state index is 0.0667. The van der Waals surface area contributed by atoms with E-state index in [1.807, 2.05) is 36.2 Å². The second kappa shape index (κ2) is 8.25. The molecule has 1 N–H and O–H groups in total. The molecule has 8 nitrogen and oxygen atoms in total. The van der Waals surface area contributed by atoms with Crippen molar-refractivity contribution < 1.29 is 14.3 Å². The number of likely N-dealkylation sites (N-methyl/N-ethyl adjacent to an activating group) is 1. The molecule has 1 aromatic rings. The van der Waals surface area contributed by atoms with Crippen LogP contribution in [-0.4, -0.2) is 85.4 Å². The molecule has 8 heteroatoms. The van der Waals surface area contributed by atoms with E-state index in [1.54, 1.807) is 18.0 Å². The lowest BCUT2D eigenvalue weighted by molar-refractivity contribution is -0.140. The average Bonchev–Trinajstić information content (AvgIpc) is 3.09. The van der Waals surface area contributed by atoms with Crippen molar-refractivity contribution in [1.82, 2.24) is 24.9 Å². The quantitative estimate of drug-likeness (QED) is 0.680. The Bertz CT molecular complexity index is 536. The number of rotatable bonds is 7. The van der Waals surface area contributed by atoms with Crippen LogP contribution in [0.3, 0.4) is 0 Å². The Balaban J connectivity index is 2.08. The van der Waals surface area contributed by atoms with Gasteiger partial charge in [-0.3, -0.25) is 14.3 Å². The highest BCUT2D eigenvalue weighted by atomic mass is 16.5. The second-order valence-corrected chi connectivity index (χ2v) is 6.35. The molecule has 1 aliphatic rings. The van der Waals surface area contributed by atoms with E-state index in [0.29, 0.717) is 45.6 Å². The fourth-order valence-corrected chi connectivity index (χ4v) is 3.01. The van der Waals surface area contributed by atoms with E-state index in [2.05, 4.69) is 10.4 Å². The molecular weight excluding hydrogens is 310 g/mol. The summed E-state index contributed by atoms with van der Waals surface area (Å²) in [6.07, 6.45) is 4.58. The number of likely N-dealkylation sites (tertiary alicyclic amines) is 1. The summed E-state index contributed by atoms with van der Waals surface area (Å²) in [7, 11) is 5.35. The van der Waals surface area contributed by atoms with E-state index >= 15 is 0 Å². The van der Waals surface area contributed by atoms with E-state index in [9.17, 15) is 9.59 Å². The first-order valence-electron chi connectivity index (χ1n) is 8.19. The monoisotopic (exact) mass is 337 g/mol. The SMILES string of the molecule is COCCNC(=O)C1(n2cccn2)CCN(C(=O)CN(C)C)CC1. The summed E-state index contributed by atoms with van der Waals surface area (Å²) in [5.41, 5.74) is -0.744. The fourth-order valence-electron chi connectivity index (χ4n) is 3.01. The first-order chi connectivity index (χ1) is 11.5. The smallest absolute Gasteiger partial charge is 0.248 e. The lowest BCUT2D eigenvalue weighted by Gasteiger charge is -2.41. The average molecular weight is 337 g/mol. The molecule has 2 rings (SSSR count). The third-order valence-electron chi connectivity index (χ3n) is 4.35. The summed E-state index contributed by atoms with van der Waals surface area (Å²) >= 11 is 0. The maximum Gasteiger partial charge on any atom is 0.248 e. The number of ether oxygens (including phenoxy) is 1. The molecule has 0 unspecified atom stereocenters. The highest BCUT2D eigenvalue weighted by molar-refractivity contribution is 5.85. The number of amides is 2. The number of methoxy groups -OCH3 is 1. The summed E-state index contributed by atoms with van der Waals surface area (Å²) in [4.78, 5) is 28.7. The largest absolute Gasteiger partial charge is 0.383 e. The van der Waals surface area contributed by atoms with Gasteiger partial charge >= 0.3 is 0 Å². The van der Waals surface area contributed by atoms with Gasteiger partial charge in [0.1, 0.15) is 5.54 Å². The Kier molecular flexibility index (Phi) is 6.33. The highest BCUT2D eigenvalue weighted by Gasteiger charge is 2.44. The molecule has 134 valence electrons. The first-order valence-corrected chi connectivity index (χ1v) is 8.19. The van der Waals surface area contributed by atoms with E-state index in [4.69, 9.17) is 4.74 Å². The Morgan fingerprint density at radius 3 is 2.58 bits per heavy atom. The zero-order valence-electron chi connectivity index (χ0n) is 14.7. The zero-order chi connectivity index (χ0) is 17.6. The van der Waals surface area contributed by atoms with Crippen LogP contribution in [0.15, 0.2) is 18.5 Å². The van der Waals surface area contributed by atoms with E-state index in [0.717, 1.165) is 0 Å². The van der Waals surface area contributed by atoms with Gasteiger partial charge in [0, 0.05) is 39.1 Å². The molecule has 1 saturated heterocycles. The molecular formula is C16H27N5O3. The molecule has 1 fully saturated rings. The summed E-state index contributed by atoms with van der Waals surface area (Å²) in [5.74, 6) is 0.0248. The lowest BCUT2D eigenvalue weighted by Crippen LogP contribution is -2.57. The summed E-state index contributed by atoms with van der Waals surface area (Å²) in [6, 6.07) is 1.81. The molecule has 0 spiro atoms.